The summed E-state index contributed by atoms with van der Waals surface area (Å²) in [5, 5.41) is 0. The second-order valence-corrected chi connectivity index (χ2v) is 7.49. The first-order valence-electron chi connectivity index (χ1n) is 3.97. The molecule has 0 bridgehead atoms. The molecule has 0 saturated heterocycles. The molecule has 0 aromatic heterocycles. The molecule has 0 fully saturated rings. The zero-order valence-corrected chi connectivity index (χ0v) is 14.3. The second-order valence-electron chi connectivity index (χ2n) is 4.00. The van der Waals surface area contributed by atoms with E-state index in [9.17, 15) is 0 Å². The number of benzene rings is 1. The molecule has 0 aliphatic heterocycles. The van der Waals surface area contributed by atoms with E-state index in [0.717, 1.165) is 0 Å². The molecule has 0 spiro atoms. The van der Waals surface area contributed by atoms with Gasteiger partial charge in [-0.3, -0.25) is 0 Å². The first-order chi connectivity index (χ1) is 5.82. The minimum absolute atomic E-state index is 0.248. The molecule has 0 heterocycles. The van der Waals surface area contributed by atoms with Crippen LogP contribution in [-0.4, -0.2) is 0 Å². The van der Waals surface area contributed by atoms with Crippen molar-refractivity contribution in [1.82, 2.24) is 0 Å². The van der Waals surface area contributed by atoms with Crippen LogP contribution < -0.4 is 0 Å². The smallest absolute Gasteiger partial charge is 0.0302 e. The minimum Gasteiger partial charge on any atom is -0.0560 e. The molecular formula is C10H11I3. The summed E-state index contributed by atoms with van der Waals surface area (Å²) >= 11 is 7.22. The maximum atomic E-state index is 2.44. The van der Waals surface area contributed by atoms with Gasteiger partial charge in [-0.15, -0.1) is 0 Å². The number of halogens is 3. The van der Waals surface area contributed by atoms with Gasteiger partial charge in [0, 0.05) is 10.7 Å². The molecule has 13 heavy (non-hydrogen) atoms. The summed E-state index contributed by atoms with van der Waals surface area (Å²) in [5.74, 6) is 0. The largest absolute Gasteiger partial charge is 0.0560 e. The molecule has 0 radical (unpaired) electrons. The van der Waals surface area contributed by atoms with Crippen molar-refractivity contribution in [2.75, 3.05) is 0 Å². The van der Waals surface area contributed by atoms with Crippen LogP contribution in [0, 0.1) is 10.7 Å². The fraction of sp³-hybridized carbons (Fsp3) is 0.400. The van der Waals surface area contributed by atoms with Gasteiger partial charge in [0.2, 0.25) is 0 Å². The number of hydrogen-bond donors (Lipinski definition) is 0. The van der Waals surface area contributed by atoms with E-state index >= 15 is 0 Å². The predicted octanol–water partition coefficient (Wildman–Crippen LogP) is 4.80. The molecule has 1 rings (SSSR count). The highest BCUT2D eigenvalue weighted by molar-refractivity contribution is 14.1. The lowest BCUT2D eigenvalue weighted by molar-refractivity contribution is 0.585. The molecule has 0 atom stereocenters. The van der Waals surface area contributed by atoms with E-state index in [2.05, 4.69) is 101 Å². The standard InChI is InChI=1S/C10H11I3/c1-10(2,3)7-4-6(11)5-8(12)9(7)13/h4-5H,1-3H3. The van der Waals surface area contributed by atoms with Crippen LogP contribution >= 0.6 is 67.8 Å². The Hall–Kier alpha value is 1.41. The van der Waals surface area contributed by atoms with Crippen LogP contribution in [0.1, 0.15) is 26.3 Å². The van der Waals surface area contributed by atoms with E-state index < -0.39 is 0 Å². The Kier molecular flexibility index (Phi) is 4.33. The molecule has 72 valence electrons. The van der Waals surface area contributed by atoms with E-state index in [1.807, 2.05) is 0 Å². The minimum atomic E-state index is 0.248. The third-order valence-corrected chi connectivity index (χ3v) is 5.47. The highest BCUT2D eigenvalue weighted by Gasteiger charge is 2.18. The van der Waals surface area contributed by atoms with Crippen molar-refractivity contribution in [1.29, 1.82) is 0 Å². The van der Waals surface area contributed by atoms with Crippen molar-refractivity contribution < 1.29 is 0 Å². The highest BCUT2D eigenvalue weighted by Crippen LogP contribution is 2.31. The predicted molar refractivity (Wildman–Crippen MR) is 83.3 cm³/mol. The van der Waals surface area contributed by atoms with E-state index in [1.54, 1.807) is 0 Å². The Morgan fingerprint density at radius 2 is 1.54 bits per heavy atom. The summed E-state index contributed by atoms with van der Waals surface area (Å²) < 4.78 is 4.08. The highest BCUT2D eigenvalue weighted by atomic mass is 127. The molecule has 0 saturated carbocycles. The molecule has 0 aliphatic carbocycles. The number of rotatable bonds is 0. The van der Waals surface area contributed by atoms with Crippen LogP contribution in [0.15, 0.2) is 12.1 Å². The van der Waals surface area contributed by atoms with Crippen LogP contribution in [-0.2, 0) is 5.41 Å². The summed E-state index contributed by atoms with van der Waals surface area (Å²) in [7, 11) is 0. The van der Waals surface area contributed by atoms with Gasteiger partial charge in [0.25, 0.3) is 0 Å². The maximum Gasteiger partial charge on any atom is 0.0302 e. The van der Waals surface area contributed by atoms with E-state index in [0.29, 0.717) is 0 Å². The first-order valence-corrected chi connectivity index (χ1v) is 7.21. The van der Waals surface area contributed by atoms with Gasteiger partial charge in [-0.25, -0.2) is 0 Å². The van der Waals surface area contributed by atoms with Crippen molar-refractivity contribution >= 4 is 67.8 Å². The Morgan fingerprint density at radius 1 is 1.00 bits per heavy atom. The zero-order chi connectivity index (χ0) is 10.2. The molecule has 1 aromatic carbocycles. The van der Waals surface area contributed by atoms with Crippen molar-refractivity contribution in [2.24, 2.45) is 0 Å². The topological polar surface area (TPSA) is 0 Å². The van der Waals surface area contributed by atoms with E-state index in [4.69, 9.17) is 0 Å². The van der Waals surface area contributed by atoms with Gasteiger partial charge in [0.1, 0.15) is 0 Å². The fourth-order valence-electron chi connectivity index (χ4n) is 1.10. The number of hydrogen-bond acceptors (Lipinski definition) is 0. The molecule has 1 aromatic rings. The van der Waals surface area contributed by atoms with Crippen LogP contribution in [0.4, 0.5) is 0 Å². The molecule has 0 unspecified atom stereocenters. The molecule has 0 amide bonds. The van der Waals surface area contributed by atoms with E-state index in [1.165, 1.54) is 16.3 Å². The molecule has 0 N–H and O–H groups in total. The van der Waals surface area contributed by atoms with Crippen LogP contribution in [0.3, 0.4) is 0 Å². The Morgan fingerprint density at radius 3 is 2.00 bits per heavy atom. The van der Waals surface area contributed by atoms with Gasteiger partial charge in [-0.05, 0) is 90.9 Å². The van der Waals surface area contributed by atoms with Crippen LogP contribution in [0.25, 0.3) is 0 Å². The van der Waals surface area contributed by atoms with Crippen molar-refractivity contribution in [3.8, 4) is 0 Å². The third kappa shape index (κ3) is 3.19. The fourth-order valence-corrected chi connectivity index (χ4v) is 4.07. The average molecular weight is 512 g/mol. The summed E-state index contributed by atoms with van der Waals surface area (Å²) in [6.45, 7) is 6.78. The Balaban J connectivity index is 3.37. The monoisotopic (exact) mass is 512 g/mol. The lowest BCUT2D eigenvalue weighted by Gasteiger charge is -2.21. The van der Waals surface area contributed by atoms with Gasteiger partial charge >= 0.3 is 0 Å². The van der Waals surface area contributed by atoms with Gasteiger partial charge in [-0.1, -0.05) is 20.8 Å². The maximum absolute atomic E-state index is 2.44. The SMILES string of the molecule is CC(C)(C)c1cc(I)cc(I)c1I. The normalized spacial score (nSPS) is 11.8. The molecule has 0 nitrogen and oxygen atoms in total. The lowest BCUT2D eigenvalue weighted by atomic mass is 9.87. The lowest BCUT2D eigenvalue weighted by Crippen LogP contribution is -2.14. The summed E-state index contributed by atoms with van der Waals surface area (Å²) in [6, 6.07) is 4.50. The molecule has 3 heteroatoms. The van der Waals surface area contributed by atoms with Gasteiger partial charge < -0.3 is 0 Å². The van der Waals surface area contributed by atoms with Crippen molar-refractivity contribution in [2.45, 2.75) is 26.2 Å². The average Bonchev–Trinajstić information content (AvgIpc) is 1.94. The van der Waals surface area contributed by atoms with Crippen molar-refractivity contribution in [3.05, 3.63) is 28.4 Å². The molecular weight excluding hydrogens is 501 g/mol. The van der Waals surface area contributed by atoms with Crippen LogP contribution in [0.5, 0.6) is 0 Å². The summed E-state index contributed by atoms with van der Waals surface area (Å²) in [5.41, 5.74) is 1.70. The Bertz CT molecular complexity index is 324. The van der Waals surface area contributed by atoms with Gasteiger partial charge in [-0.2, -0.15) is 0 Å². The van der Waals surface area contributed by atoms with Gasteiger partial charge in [0.05, 0.1) is 0 Å². The second kappa shape index (κ2) is 4.51. The Labute approximate surface area is 121 Å². The first kappa shape index (κ1) is 12.5. The van der Waals surface area contributed by atoms with E-state index in [-0.39, 0.29) is 5.41 Å². The van der Waals surface area contributed by atoms with Crippen LogP contribution in [0.2, 0.25) is 0 Å². The quantitative estimate of drug-likeness (QED) is 0.347. The third-order valence-electron chi connectivity index (χ3n) is 1.80. The zero-order valence-electron chi connectivity index (χ0n) is 7.79. The molecule has 0 aliphatic rings. The summed E-state index contributed by atoms with van der Waals surface area (Å²) in [4.78, 5) is 0. The summed E-state index contributed by atoms with van der Waals surface area (Å²) in [6.07, 6.45) is 0. The van der Waals surface area contributed by atoms with Gasteiger partial charge in [0.15, 0.2) is 0 Å². The van der Waals surface area contributed by atoms with Crippen molar-refractivity contribution in [3.63, 3.8) is 0 Å².